The lowest BCUT2D eigenvalue weighted by Gasteiger charge is -2.39. The lowest BCUT2D eigenvalue weighted by Crippen LogP contribution is -2.55. The predicted molar refractivity (Wildman–Crippen MR) is 142 cm³/mol. The largest absolute Gasteiger partial charge is 0.380 e. The van der Waals surface area contributed by atoms with Gasteiger partial charge in [0.15, 0.2) is 0 Å². The topological polar surface area (TPSA) is 84.9 Å². The molecule has 0 spiro atoms. The number of hydrazine groups is 1. The highest BCUT2D eigenvalue weighted by Gasteiger charge is 2.26. The van der Waals surface area contributed by atoms with E-state index < -0.39 is 0 Å². The van der Waals surface area contributed by atoms with Crippen LogP contribution < -0.4 is 16.1 Å². The number of allylic oxidation sites excluding steroid dienone is 2. The van der Waals surface area contributed by atoms with E-state index in [2.05, 4.69) is 43.6 Å². The maximum atomic E-state index is 12.5. The molecule has 1 aromatic heterocycles. The average molecular weight is 486 g/mol. The Bertz CT molecular complexity index is 1260. The fourth-order valence-electron chi connectivity index (χ4n) is 4.29. The Morgan fingerprint density at radius 3 is 2.75 bits per heavy atom. The van der Waals surface area contributed by atoms with Crippen LogP contribution in [0.2, 0.25) is 0 Å². The lowest BCUT2D eigenvalue weighted by atomic mass is 9.99. The summed E-state index contributed by atoms with van der Waals surface area (Å²) >= 11 is 0. The van der Waals surface area contributed by atoms with E-state index in [0.717, 1.165) is 41.3 Å². The summed E-state index contributed by atoms with van der Waals surface area (Å²) < 4.78 is 12.5. The maximum absolute atomic E-state index is 12.5. The van der Waals surface area contributed by atoms with Crippen molar-refractivity contribution in [1.82, 2.24) is 14.9 Å². The van der Waals surface area contributed by atoms with E-state index in [1.165, 1.54) is 6.08 Å². The van der Waals surface area contributed by atoms with Crippen molar-refractivity contribution in [2.24, 2.45) is 4.99 Å². The number of dihydropyridines is 1. The Labute approximate surface area is 209 Å². The Hall–Kier alpha value is -4.24. The van der Waals surface area contributed by atoms with E-state index in [9.17, 15) is 9.18 Å². The second kappa shape index (κ2) is 10.6. The van der Waals surface area contributed by atoms with Gasteiger partial charge in [0, 0.05) is 49.6 Å². The molecule has 0 radical (unpaired) electrons. The maximum Gasteiger partial charge on any atom is 0.247 e. The van der Waals surface area contributed by atoms with E-state index in [1.54, 1.807) is 12.3 Å². The van der Waals surface area contributed by atoms with Gasteiger partial charge in [0.05, 0.1) is 29.7 Å². The standard InChI is InChI=1S/C27H28FN7O/c1-2-27(36)32-23-8-11-30-25(14-23)26-13-19-7-10-29-15-20(19)16-35(26)33-22-5-3-21(4-6-22)31-24-17-34(18-24)12-9-28/h2-8,10-11,13-14,16,24,31,33H,1,9,12,15,17-18H2,(H,30,32,36). The van der Waals surface area contributed by atoms with Crippen LogP contribution in [0.5, 0.6) is 0 Å². The molecule has 1 aromatic carbocycles. The molecule has 1 saturated heterocycles. The van der Waals surface area contributed by atoms with Crippen LogP contribution in [0.4, 0.5) is 21.5 Å². The lowest BCUT2D eigenvalue weighted by molar-refractivity contribution is -0.111. The van der Waals surface area contributed by atoms with Gasteiger partial charge in [0.25, 0.3) is 0 Å². The van der Waals surface area contributed by atoms with Gasteiger partial charge in [-0.25, -0.2) is 4.39 Å². The zero-order valence-corrected chi connectivity index (χ0v) is 19.8. The van der Waals surface area contributed by atoms with Crippen LogP contribution in [0.15, 0.2) is 89.7 Å². The number of pyridine rings is 1. The first-order valence-corrected chi connectivity index (χ1v) is 11.8. The van der Waals surface area contributed by atoms with Gasteiger partial charge in [-0.15, -0.1) is 0 Å². The molecule has 5 rings (SSSR count). The van der Waals surface area contributed by atoms with Crippen molar-refractivity contribution >= 4 is 34.9 Å². The Balaban J connectivity index is 1.33. The van der Waals surface area contributed by atoms with Gasteiger partial charge >= 0.3 is 0 Å². The number of carbonyl (C=O) groups excluding carboxylic acids is 1. The first kappa shape index (κ1) is 23.5. The quantitative estimate of drug-likeness (QED) is 0.468. The van der Waals surface area contributed by atoms with E-state index in [0.29, 0.717) is 30.5 Å². The van der Waals surface area contributed by atoms with Crippen molar-refractivity contribution in [2.45, 2.75) is 6.04 Å². The van der Waals surface area contributed by atoms with Gasteiger partial charge in [-0.2, -0.15) is 0 Å². The second-order valence-corrected chi connectivity index (χ2v) is 8.77. The van der Waals surface area contributed by atoms with Crippen LogP contribution in [-0.2, 0) is 4.79 Å². The molecule has 1 amide bonds. The van der Waals surface area contributed by atoms with Crippen LogP contribution in [0, 0.1) is 0 Å². The number of hydrogen-bond acceptors (Lipinski definition) is 7. The van der Waals surface area contributed by atoms with Crippen LogP contribution >= 0.6 is 0 Å². The first-order valence-electron chi connectivity index (χ1n) is 11.8. The van der Waals surface area contributed by atoms with Crippen molar-refractivity contribution in [3.63, 3.8) is 0 Å². The number of halogens is 1. The number of benzene rings is 1. The number of fused-ring (bicyclic) bond motifs is 1. The molecule has 8 nitrogen and oxygen atoms in total. The number of carbonyl (C=O) groups is 1. The van der Waals surface area contributed by atoms with Crippen molar-refractivity contribution < 1.29 is 9.18 Å². The Morgan fingerprint density at radius 1 is 1.17 bits per heavy atom. The second-order valence-electron chi connectivity index (χ2n) is 8.77. The van der Waals surface area contributed by atoms with Crippen molar-refractivity contribution in [3.8, 4) is 0 Å². The summed E-state index contributed by atoms with van der Waals surface area (Å²) in [5.74, 6) is -0.279. The number of rotatable bonds is 9. The predicted octanol–water partition coefficient (Wildman–Crippen LogP) is 3.85. The molecule has 184 valence electrons. The van der Waals surface area contributed by atoms with E-state index >= 15 is 0 Å². The molecule has 3 aliphatic heterocycles. The van der Waals surface area contributed by atoms with Gasteiger partial charge in [-0.05, 0) is 65.8 Å². The molecule has 36 heavy (non-hydrogen) atoms. The number of aliphatic imine (C=N–C) groups is 1. The summed E-state index contributed by atoms with van der Waals surface area (Å²) in [4.78, 5) is 22.8. The zero-order chi connectivity index (χ0) is 24.9. The number of anilines is 3. The molecule has 0 atom stereocenters. The van der Waals surface area contributed by atoms with E-state index in [4.69, 9.17) is 0 Å². The van der Waals surface area contributed by atoms with Crippen molar-refractivity contribution in [3.05, 3.63) is 90.4 Å². The Kier molecular flexibility index (Phi) is 6.90. The summed E-state index contributed by atoms with van der Waals surface area (Å²) in [6, 6.07) is 12.0. The van der Waals surface area contributed by atoms with Gasteiger partial charge < -0.3 is 10.6 Å². The van der Waals surface area contributed by atoms with Crippen molar-refractivity contribution in [2.75, 3.05) is 48.9 Å². The Morgan fingerprint density at radius 2 is 1.97 bits per heavy atom. The highest BCUT2D eigenvalue weighted by Crippen LogP contribution is 2.32. The molecule has 9 heteroatoms. The molecule has 2 aromatic rings. The number of nitrogens with one attached hydrogen (secondary N) is 3. The third-order valence-corrected chi connectivity index (χ3v) is 6.17. The third-order valence-electron chi connectivity index (χ3n) is 6.17. The van der Waals surface area contributed by atoms with Crippen molar-refractivity contribution in [1.29, 1.82) is 0 Å². The van der Waals surface area contributed by atoms with Gasteiger partial charge in [0.1, 0.15) is 6.67 Å². The number of likely N-dealkylation sites (tertiary alicyclic amines) is 1. The molecule has 3 N–H and O–H groups in total. The van der Waals surface area contributed by atoms with Gasteiger partial charge in [-0.3, -0.25) is 30.1 Å². The fourth-order valence-corrected chi connectivity index (χ4v) is 4.29. The molecule has 0 aliphatic carbocycles. The zero-order valence-electron chi connectivity index (χ0n) is 19.8. The number of nitrogens with zero attached hydrogens (tertiary/aromatic N) is 4. The summed E-state index contributed by atoms with van der Waals surface area (Å²) in [5, 5.41) is 8.21. The van der Waals surface area contributed by atoms with Gasteiger partial charge in [0.2, 0.25) is 5.91 Å². The minimum absolute atomic E-state index is 0.279. The smallest absolute Gasteiger partial charge is 0.247 e. The molecular weight excluding hydrogens is 457 g/mol. The summed E-state index contributed by atoms with van der Waals surface area (Å²) in [5.41, 5.74) is 9.71. The first-order chi connectivity index (χ1) is 17.6. The molecule has 4 heterocycles. The minimum Gasteiger partial charge on any atom is -0.380 e. The monoisotopic (exact) mass is 485 g/mol. The SMILES string of the molecule is C=CC(=O)Nc1ccnc(C2=CC3=CC=NCC3=CN2Nc2ccc(NC3CN(CCF)C3)cc2)c1. The van der Waals surface area contributed by atoms with E-state index in [1.807, 2.05) is 53.8 Å². The number of hydrogen-bond donors (Lipinski definition) is 3. The highest BCUT2D eigenvalue weighted by molar-refractivity contribution is 5.99. The molecule has 0 saturated carbocycles. The van der Waals surface area contributed by atoms with Crippen LogP contribution in [0.1, 0.15) is 5.69 Å². The van der Waals surface area contributed by atoms with Gasteiger partial charge in [-0.1, -0.05) is 6.58 Å². The van der Waals surface area contributed by atoms with Crippen LogP contribution in [0.3, 0.4) is 0 Å². The molecular formula is C27H28FN7O. The summed E-state index contributed by atoms with van der Waals surface area (Å²) in [6.45, 7) is 6.02. The van der Waals surface area contributed by atoms with Crippen LogP contribution in [0.25, 0.3) is 5.70 Å². The minimum atomic E-state index is -0.302. The normalized spacial score (nSPS) is 17.2. The molecule has 0 unspecified atom stereocenters. The molecule has 3 aliphatic rings. The highest BCUT2D eigenvalue weighted by atomic mass is 19.1. The van der Waals surface area contributed by atoms with Crippen LogP contribution in [-0.4, -0.2) is 65.9 Å². The molecule has 1 fully saturated rings. The molecule has 0 bridgehead atoms. The number of amides is 1. The van der Waals surface area contributed by atoms with E-state index in [-0.39, 0.29) is 12.6 Å². The number of aromatic nitrogens is 1. The summed E-state index contributed by atoms with van der Waals surface area (Å²) in [6.07, 6.45) is 10.8. The third kappa shape index (κ3) is 5.36. The summed E-state index contributed by atoms with van der Waals surface area (Å²) in [7, 11) is 0. The number of alkyl halides is 1. The average Bonchev–Trinajstić information content (AvgIpc) is 2.88. The fraction of sp³-hybridized carbons (Fsp3) is 0.222.